The maximum Gasteiger partial charge on any atom is 0.222 e. The van der Waals surface area contributed by atoms with Gasteiger partial charge in [-0.3, -0.25) is 4.79 Å². The maximum absolute atomic E-state index is 11.8. The summed E-state index contributed by atoms with van der Waals surface area (Å²) in [4.78, 5) is 16.5. The Balaban J connectivity index is 1.45. The first-order valence-corrected chi connectivity index (χ1v) is 8.98. The Labute approximate surface area is 140 Å². The van der Waals surface area contributed by atoms with Gasteiger partial charge in [0.05, 0.1) is 18.2 Å². The number of rotatable bonds is 6. The number of carbonyl (C=O) groups is 1. The molecule has 1 aliphatic rings. The maximum atomic E-state index is 11.8. The highest BCUT2D eigenvalue weighted by Crippen LogP contribution is 2.24. The molecule has 3 rings (SSSR count). The SMILES string of the molecule is Cc1ccc(-c2nc(CCNC(=O)CC3CCCO3)cs2)cc1. The van der Waals surface area contributed by atoms with Crippen molar-refractivity contribution in [3.63, 3.8) is 0 Å². The molecule has 1 aromatic heterocycles. The fourth-order valence-electron chi connectivity index (χ4n) is 2.66. The molecular formula is C18H22N2O2S. The molecule has 1 fully saturated rings. The number of aromatic nitrogens is 1. The van der Waals surface area contributed by atoms with Crippen LogP contribution in [0.3, 0.4) is 0 Å². The summed E-state index contributed by atoms with van der Waals surface area (Å²) in [6.45, 7) is 3.50. The quantitative estimate of drug-likeness (QED) is 0.884. The zero-order valence-electron chi connectivity index (χ0n) is 13.4. The van der Waals surface area contributed by atoms with Crippen LogP contribution in [0.15, 0.2) is 29.6 Å². The lowest BCUT2D eigenvalue weighted by molar-refractivity contribution is -0.123. The summed E-state index contributed by atoms with van der Waals surface area (Å²) in [5.74, 6) is 0.0749. The minimum absolute atomic E-state index is 0.0749. The monoisotopic (exact) mass is 330 g/mol. The lowest BCUT2D eigenvalue weighted by Gasteiger charge is -2.09. The highest BCUT2D eigenvalue weighted by atomic mass is 32.1. The Morgan fingerprint density at radius 2 is 2.22 bits per heavy atom. The van der Waals surface area contributed by atoms with E-state index in [0.717, 1.165) is 42.1 Å². The first-order chi connectivity index (χ1) is 11.2. The summed E-state index contributed by atoms with van der Waals surface area (Å²) in [5, 5.41) is 6.06. The second-order valence-corrected chi connectivity index (χ2v) is 6.81. The largest absolute Gasteiger partial charge is 0.378 e. The molecule has 1 aliphatic heterocycles. The van der Waals surface area contributed by atoms with Gasteiger partial charge in [-0.15, -0.1) is 11.3 Å². The minimum Gasteiger partial charge on any atom is -0.378 e. The van der Waals surface area contributed by atoms with Gasteiger partial charge in [0.15, 0.2) is 0 Å². The van der Waals surface area contributed by atoms with Crippen molar-refractivity contribution in [2.24, 2.45) is 0 Å². The van der Waals surface area contributed by atoms with Gasteiger partial charge < -0.3 is 10.1 Å². The Morgan fingerprint density at radius 3 is 2.96 bits per heavy atom. The van der Waals surface area contributed by atoms with Crippen LogP contribution in [0.4, 0.5) is 0 Å². The van der Waals surface area contributed by atoms with Crippen LogP contribution in [-0.2, 0) is 16.0 Å². The predicted molar refractivity (Wildman–Crippen MR) is 92.6 cm³/mol. The van der Waals surface area contributed by atoms with E-state index >= 15 is 0 Å². The summed E-state index contributed by atoms with van der Waals surface area (Å²) >= 11 is 1.65. The van der Waals surface area contributed by atoms with Crippen molar-refractivity contribution in [3.8, 4) is 10.6 Å². The molecule has 0 aliphatic carbocycles. The van der Waals surface area contributed by atoms with Gasteiger partial charge in [0.1, 0.15) is 5.01 Å². The number of hydrogen-bond donors (Lipinski definition) is 1. The molecule has 2 aromatic rings. The second kappa shape index (κ2) is 7.70. The Hall–Kier alpha value is -1.72. The number of ether oxygens (including phenoxy) is 1. The van der Waals surface area contributed by atoms with E-state index in [4.69, 9.17) is 4.74 Å². The van der Waals surface area contributed by atoms with Crippen molar-refractivity contribution in [1.82, 2.24) is 10.3 Å². The van der Waals surface area contributed by atoms with E-state index < -0.39 is 0 Å². The highest BCUT2D eigenvalue weighted by Gasteiger charge is 2.18. The Kier molecular flexibility index (Phi) is 5.41. The van der Waals surface area contributed by atoms with Crippen LogP contribution in [-0.4, -0.2) is 30.1 Å². The van der Waals surface area contributed by atoms with Crippen LogP contribution in [0.5, 0.6) is 0 Å². The molecule has 1 unspecified atom stereocenters. The molecule has 4 nitrogen and oxygen atoms in total. The molecule has 0 spiro atoms. The smallest absolute Gasteiger partial charge is 0.222 e. The third-order valence-electron chi connectivity index (χ3n) is 3.99. The Morgan fingerprint density at radius 1 is 1.39 bits per heavy atom. The van der Waals surface area contributed by atoms with E-state index in [0.29, 0.717) is 13.0 Å². The summed E-state index contributed by atoms with van der Waals surface area (Å²) in [7, 11) is 0. The fraction of sp³-hybridized carbons (Fsp3) is 0.444. The number of carbonyl (C=O) groups excluding carboxylic acids is 1. The Bertz CT molecular complexity index is 645. The van der Waals surface area contributed by atoms with Crippen molar-refractivity contribution < 1.29 is 9.53 Å². The van der Waals surface area contributed by atoms with Gasteiger partial charge in [0, 0.05) is 30.5 Å². The van der Waals surface area contributed by atoms with Crippen molar-refractivity contribution in [1.29, 1.82) is 0 Å². The van der Waals surface area contributed by atoms with Crippen LogP contribution in [0.2, 0.25) is 0 Å². The molecule has 1 saturated heterocycles. The van der Waals surface area contributed by atoms with Gasteiger partial charge in [0.2, 0.25) is 5.91 Å². The van der Waals surface area contributed by atoms with E-state index in [1.54, 1.807) is 11.3 Å². The van der Waals surface area contributed by atoms with Crippen LogP contribution >= 0.6 is 11.3 Å². The number of amides is 1. The van der Waals surface area contributed by atoms with Crippen LogP contribution in [0, 0.1) is 6.92 Å². The van der Waals surface area contributed by atoms with E-state index in [-0.39, 0.29) is 12.0 Å². The number of nitrogens with one attached hydrogen (secondary N) is 1. The van der Waals surface area contributed by atoms with Crippen molar-refractivity contribution in [2.45, 2.75) is 38.7 Å². The number of aryl methyl sites for hydroxylation is 1. The highest BCUT2D eigenvalue weighted by molar-refractivity contribution is 7.13. The molecule has 122 valence electrons. The third-order valence-corrected chi connectivity index (χ3v) is 4.93. The first-order valence-electron chi connectivity index (χ1n) is 8.10. The molecule has 1 atom stereocenters. The number of hydrogen-bond acceptors (Lipinski definition) is 4. The molecule has 1 aromatic carbocycles. The van der Waals surface area contributed by atoms with Crippen molar-refractivity contribution >= 4 is 17.2 Å². The average Bonchev–Trinajstić information content (AvgIpc) is 3.20. The number of benzene rings is 1. The van der Waals surface area contributed by atoms with E-state index in [9.17, 15) is 4.79 Å². The van der Waals surface area contributed by atoms with E-state index in [1.807, 2.05) is 0 Å². The lowest BCUT2D eigenvalue weighted by Crippen LogP contribution is -2.29. The van der Waals surface area contributed by atoms with Gasteiger partial charge in [0.25, 0.3) is 0 Å². The second-order valence-electron chi connectivity index (χ2n) is 5.95. The molecule has 2 heterocycles. The molecular weight excluding hydrogens is 308 g/mol. The molecule has 5 heteroatoms. The van der Waals surface area contributed by atoms with Crippen molar-refractivity contribution in [3.05, 3.63) is 40.9 Å². The lowest BCUT2D eigenvalue weighted by atomic mass is 10.1. The average molecular weight is 330 g/mol. The summed E-state index contributed by atoms with van der Waals surface area (Å²) < 4.78 is 5.48. The third kappa shape index (κ3) is 4.62. The summed E-state index contributed by atoms with van der Waals surface area (Å²) in [6, 6.07) is 8.39. The fourth-order valence-corrected chi connectivity index (χ4v) is 3.53. The van der Waals surface area contributed by atoms with E-state index in [2.05, 4.69) is 46.9 Å². The van der Waals surface area contributed by atoms with Crippen LogP contribution in [0.25, 0.3) is 10.6 Å². The summed E-state index contributed by atoms with van der Waals surface area (Å²) in [5.41, 5.74) is 3.43. The zero-order valence-corrected chi connectivity index (χ0v) is 14.2. The van der Waals surface area contributed by atoms with Gasteiger partial charge in [-0.05, 0) is 19.8 Å². The van der Waals surface area contributed by atoms with Gasteiger partial charge in [-0.1, -0.05) is 29.8 Å². The molecule has 1 amide bonds. The predicted octanol–water partition coefficient (Wildman–Crippen LogP) is 3.35. The van der Waals surface area contributed by atoms with Crippen LogP contribution in [0.1, 0.15) is 30.5 Å². The van der Waals surface area contributed by atoms with Crippen LogP contribution < -0.4 is 5.32 Å². The van der Waals surface area contributed by atoms with Crippen molar-refractivity contribution in [2.75, 3.05) is 13.2 Å². The topological polar surface area (TPSA) is 51.2 Å². The first kappa shape index (κ1) is 16.1. The zero-order chi connectivity index (χ0) is 16.1. The molecule has 0 bridgehead atoms. The van der Waals surface area contributed by atoms with Gasteiger partial charge in [-0.2, -0.15) is 0 Å². The van der Waals surface area contributed by atoms with Gasteiger partial charge >= 0.3 is 0 Å². The molecule has 0 saturated carbocycles. The molecule has 0 radical (unpaired) electrons. The van der Waals surface area contributed by atoms with E-state index in [1.165, 1.54) is 5.56 Å². The standard InChI is InChI=1S/C18H22N2O2S/c1-13-4-6-14(7-5-13)18-20-15(12-23-18)8-9-19-17(21)11-16-3-2-10-22-16/h4-7,12,16H,2-3,8-11H2,1H3,(H,19,21). The minimum atomic E-state index is 0.0749. The van der Waals surface area contributed by atoms with Gasteiger partial charge in [-0.25, -0.2) is 4.98 Å². The summed E-state index contributed by atoms with van der Waals surface area (Å²) in [6.07, 6.45) is 3.42. The number of thiazole rings is 1. The normalized spacial score (nSPS) is 17.3. The number of nitrogens with zero attached hydrogens (tertiary/aromatic N) is 1. The molecule has 1 N–H and O–H groups in total. The molecule has 23 heavy (non-hydrogen) atoms.